The Bertz CT molecular complexity index is 305. The highest BCUT2D eigenvalue weighted by molar-refractivity contribution is 5.42. The van der Waals surface area contributed by atoms with E-state index in [2.05, 4.69) is 0 Å². The normalized spacial score (nSPS) is 10.8. The van der Waals surface area contributed by atoms with Crippen molar-refractivity contribution in [2.24, 2.45) is 0 Å². The number of aromatic hydroxyl groups is 1. The summed E-state index contributed by atoms with van der Waals surface area (Å²) in [4.78, 5) is 2.05. The molecule has 2 heteroatoms. The zero-order valence-electron chi connectivity index (χ0n) is 8.76. The van der Waals surface area contributed by atoms with Gasteiger partial charge in [0.25, 0.3) is 0 Å². The molecule has 0 aliphatic carbocycles. The van der Waals surface area contributed by atoms with Crippen molar-refractivity contribution in [2.45, 2.75) is 20.4 Å². The lowest BCUT2D eigenvalue weighted by Crippen LogP contribution is -2.11. The quantitative estimate of drug-likeness (QED) is 0.751. The van der Waals surface area contributed by atoms with Crippen molar-refractivity contribution in [2.75, 3.05) is 14.1 Å². The summed E-state index contributed by atoms with van der Waals surface area (Å²) < 4.78 is 0. The van der Waals surface area contributed by atoms with E-state index < -0.39 is 0 Å². The number of hydrogen-bond acceptors (Lipinski definition) is 2. The lowest BCUT2D eigenvalue weighted by Gasteiger charge is -2.13. The first-order valence-electron chi connectivity index (χ1n) is 4.44. The fourth-order valence-electron chi connectivity index (χ4n) is 1.51. The van der Waals surface area contributed by atoms with E-state index in [9.17, 15) is 5.11 Å². The minimum Gasteiger partial charge on any atom is -0.507 e. The molecule has 0 bridgehead atoms. The van der Waals surface area contributed by atoms with Crippen LogP contribution in [0.25, 0.3) is 0 Å². The second-order valence-corrected chi connectivity index (χ2v) is 3.83. The fraction of sp³-hybridized carbons (Fsp3) is 0.455. The maximum Gasteiger partial charge on any atom is 0.122 e. The van der Waals surface area contributed by atoms with Crippen molar-refractivity contribution in [3.05, 3.63) is 28.8 Å². The summed E-state index contributed by atoms with van der Waals surface area (Å²) in [5, 5.41) is 9.74. The molecule has 0 amide bonds. The van der Waals surface area contributed by atoms with E-state index >= 15 is 0 Å². The summed E-state index contributed by atoms with van der Waals surface area (Å²) in [6, 6.07) is 4.02. The van der Waals surface area contributed by atoms with Gasteiger partial charge in [0.2, 0.25) is 0 Å². The van der Waals surface area contributed by atoms with Gasteiger partial charge in [-0.1, -0.05) is 17.7 Å². The van der Waals surface area contributed by atoms with E-state index in [4.69, 9.17) is 0 Å². The van der Waals surface area contributed by atoms with Crippen LogP contribution in [0.4, 0.5) is 0 Å². The van der Waals surface area contributed by atoms with E-state index in [-0.39, 0.29) is 0 Å². The van der Waals surface area contributed by atoms with E-state index in [1.165, 1.54) is 5.56 Å². The first kappa shape index (κ1) is 10.1. The predicted octanol–water partition coefficient (Wildman–Crippen LogP) is 2.07. The van der Waals surface area contributed by atoms with Gasteiger partial charge in [-0.05, 0) is 33.5 Å². The molecule has 0 saturated carbocycles. The van der Waals surface area contributed by atoms with Crippen LogP contribution in [-0.4, -0.2) is 24.1 Å². The summed E-state index contributed by atoms with van der Waals surface area (Å²) in [7, 11) is 3.99. The van der Waals surface area contributed by atoms with E-state index in [0.29, 0.717) is 5.75 Å². The second kappa shape index (κ2) is 3.79. The van der Waals surface area contributed by atoms with Gasteiger partial charge < -0.3 is 10.0 Å². The molecule has 0 radical (unpaired) electrons. The van der Waals surface area contributed by atoms with Crippen molar-refractivity contribution < 1.29 is 5.11 Å². The molecule has 0 saturated heterocycles. The molecule has 1 aromatic rings. The van der Waals surface area contributed by atoms with Crippen LogP contribution < -0.4 is 0 Å². The van der Waals surface area contributed by atoms with Gasteiger partial charge in [-0.3, -0.25) is 0 Å². The van der Waals surface area contributed by atoms with Crippen LogP contribution in [0, 0.1) is 13.8 Å². The third kappa shape index (κ3) is 2.46. The summed E-state index contributed by atoms with van der Waals surface area (Å²) in [5.74, 6) is 0.430. The number of aryl methyl sites for hydroxylation is 2. The van der Waals surface area contributed by atoms with Crippen LogP contribution in [0.15, 0.2) is 12.1 Å². The first-order chi connectivity index (χ1) is 6.00. The number of nitrogens with zero attached hydrogens (tertiary/aromatic N) is 1. The average Bonchev–Trinajstić information content (AvgIpc) is 1.98. The number of rotatable bonds is 2. The molecule has 2 nitrogen and oxygen atoms in total. The van der Waals surface area contributed by atoms with Crippen molar-refractivity contribution >= 4 is 0 Å². The fourth-order valence-corrected chi connectivity index (χ4v) is 1.51. The largest absolute Gasteiger partial charge is 0.507 e. The number of phenolic OH excluding ortho intramolecular Hbond substituents is 1. The molecule has 13 heavy (non-hydrogen) atoms. The molecule has 1 N–H and O–H groups in total. The SMILES string of the molecule is Cc1cc(C)c(O)c(CN(C)C)c1. The van der Waals surface area contributed by atoms with E-state index in [1.807, 2.05) is 45.0 Å². The maximum absolute atomic E-state index is 9.74. The molecule has 0 aliphatic rings. The number of benzene rings is 1. The van der Waals surface area contributed by atoms with Gasteiger partial charge in [-0.2, -0.15) is 0 Å². The molecule has 0 aromatic heterocycles. The molecule has 72 valence electrons. The highest BCUT2D eigenvalue weighted by Crippen LogP contribution is 2.24. The van der Waals surface area contributed by atoms with E-state index in [0.717, 1.165) is 17.7 Å². The molecule has 0 aliphatic heterocycles. The zero-order valence-corrected chi connectivity index (χ0v) is 8.76. The molecular formula is C11H17NO. The van der Waals surface area contributed by atoms with Crippen molar-refractivity contribution in [3.63, 3.8) is 0 Å². The van der Waals surface area contributed by atoms with Gasteiger partial charge in [-0.25, -0.2) is 0 Å². The van der Waals surface area contributed by atoms with Gasteiger partial charge in [0, 0.05) is 12.1 Å². The van der Waals surface area contributed by atoms with Crippen LogP contribution in [-0.2, 0) is 6.54 Å². The van der Waals surface area contributed by atoms with Crippen molar-refractivity contribution in [3.8, 4) is 5.75 Å². The third-order valence-corrected chi connectivity index (χ3v) is 2.01. The van der Waals surface area contributed by atoms with Crippen LogP contribution in [0.1, 0.15) is 16.7 Å². The van der Waals surface area contributed by atoms with Crippen molar-refractivity contribution in [1.29, 1.82) is 0 Å². The molecule has 0 fully saturated rings. The Kier molecular flexibility index (Phi) is 2.94. The van der Waals surface area contributed by atoms with Gasteiger partial charge in [0.15, 0.2) is 0 Å². The lowest BCUT2D eigenvalue weighted by atomic mass is 10.1. The Labute approximate surface area is 79.8 Å². The van der Waals surface area contributed by atoms with Gasteiger partial charge in [0.05, 0.1) is 0 Å². The topological polar surface area (TPSA) is 23.5 Å². The highest BCUT2D eigenvalue weighted by atomic mass is 16.3. The van der Waals surface area contributed by atoms with Gasteiger partial charge in [0.1, 0.15) is 5.75 Å². The molecule has 0 unspecified atom stereocenters. The average molecular weight is 179 g/mol. The summed E-state index contributed by atoms with van der Waals surface area (Å²) in [6.07, 6.45) is 0. The molecule has 1 rings (SSSR count). The molecule has 0 heterocycles. The van der Waals surface area contributed by atoms with Crippen LogP contribution in [0.2, 0.25) is 0 Å². The van der Waals surface area contributed by atoms with Crippen molar-refractivity contribution in [1.82, 2.24) is 4.90 Å². The highest BCUT2D eigenvalue weighted by Gasteiger charge is 2.05. The minimum absolute atomic E-state index is 0.430. The van der Waals surface area contributed by atoms with Crippen LogP contribution in [0.5, 0.6) is 5.75 Å². The smallest absolute Gasteiger partial charge is 0.122 e. The monoisotopic (exact) mass is 179 g/mol. The first-order valence-corrected chi connectivity index (χ1v) is 4.44. The molecule has 0 atom stereocenters. The standard InChI is InChI=1S/C11H17NO/c1-8-5-9(2)11(13)10(6-8)7-12(3)4/h5-6,13H,7H2,1-4H3. The second-order valence-electron chi connectivity index (χ2n) is 3.83. The Balaban J connectivity index is 3.05. The molecular weight excluding hydrogens is 162 g/mol. The molecule has 0 spiro atoms. The maximum atomic E-state index is 9.74. The summed E-state index contributed by atoms with van der Waals surface area (Å²) in [6.45, 7) is 4.77. The Hall–Kier alpha value is -1.02. The van der Waals surface area contributed by atoms with E-state index in [1.54, 1.807) is 0 Å². The third-order valence-electron chi connectivity index (χ3n) is 2.01. The van der Waals surface area contributed by atoms with Gasteiger partial charge in [-0.15, -0.1) is 0 Å². The zero-order chi connectivity index (χ0) is 10.0. The number of phenols is 1. The van der Waals surface area contributed by atoms with Gasteiger partial charge >= 0.3 is 0 Å². The molecule has 1 aromatic carbocycles. The van der Waals surface area contributed by atoms with Crippen LogP contribution in [0.3, 0.4) is 0 Å². The Morgan fingerprint density at radius 2 is 1.85 bits per heavy atom. The van der Waals surface area contributed by atoms with Crippen LogP contribution >= 0.6 is 0 Å². The number of hydrogen-bond donors (Lipinski definition) is 1. The Morgan fingerprint density at radius 1 is 1.23 bits per heavy atom. The minimum atomic E-state index is 0.430. The summed E-state index contributed by atoms with van der Waals surface area (Å²) >= 11 is 0. The predicted molar refractivity (Wildman–Crippen MR) is 55.0 cm³/mol. The Morgan fingerprint density at radius 3 is 2.38 bits per heavy atom. The lowest BCUT2D eigenvalue weighted by molar-refractivity contribution is 0.384. The summed E-state index contributed by atoms with van der Waals surface area (Å²) in [5.41, 5.74) is 3.16.